The molecule has 32 heavy (non-hydrogen) atoms. The largest absolute Gasteiger partial charge is 0.479 e. The van der Waals surface area contributed by atoms with E-state index in [4.69, 9.17) is 4.74 Å². The van der Waals surface area contributed by atoms with Crippen LogP contribution in [0.3, 0.4) is 0 Å². The summed E-state index contributed by atoms with van der Waals surface area (Å²) in [5.74, 6) is -0.257. The lowest BCUT2D eigenvalue weighted by Gasteiger charge is -2.31. The molecule has 1 saturated heterocycles. The lowest BCUT2D eigenvalue weighted by Crippen LogP contribution is -2.41. The second-order valence-electron chi connectivity index (χ2n) is 8.40. The molecule has 0 aliphatic carbocycles. The summed E-state index contributed by atoms with van der Waals surface area (Å²) in [6.07, 6.45) is 0.207. The fourth-order valence-electron chi connectivity index (χ4n) is 4.00. The highest BCUT2D eigenvalue weighted by Crippen LogP contribution is 2.36. The van der Waals surface area contributed by atoms with Crippen LogP contribution in [-0.2, 0) is 19.6 Å². The number of ether oxygens (including phenoxy) is 1. The van der Waals surface area contributed by atoms with Crippen molar-refractivity contribution in [3.63, 3.8) is 0 Å². The summed E-state index contributed by atoms with van der Waals surface area (Å²) < 4.78 is 33.6. The molecule has 0 saturated carbocycles. The topological polar surface area (TPSA) is 105 Å². The van der Waals surface area contributed by atoms with Crippen molar-refractivity contribution in [2.45, 2.75) is 44.6 Å². The van der Waals surface area contributed by atoms with Crippen LogP contribution in [0.2, 0.25) is 0 Å². The standard InChI is InChI=1S/C23H27N3O5S/c1-14-4-6-18(7-5-14)24-23(28)17-8-10-26(11-9-17)32(29,30)21-13-20-19(12-15(21)2)25-22(27)16(3)31-20/h4-7,12-13,16-17H,8-11H2,1-3H3,(H,24,28)(H,25,27)/t16-/m0/s1. The van der Waals surface area contributed by atoms with Crippen LogP contribution in [0.15, 0.2) is 41.3 Å². The van der Waals surface area contributed by atoms with Gasteiger partial charge in [-0.1, -0.05) is 17.7 Å². The van der Waals surface area contributed by atoms with Gasteiger partial charge in [0.1, 0.15) is 5.75 Å². The van der Waals surface area contributed by atoms with E-state index < -0.39 is 16.1 Å². The average Bonchev–Trinajstić information content (AvgIpc) is 2.76. The fraction of sp³-hybridized carbons (Fsp3) is 0.391. The maximum atomic E-state index is 13.3. The Labute approximate surface area is 188 Å². The first-order chi connectivity index (χ1) is 15.1. The summed E-state index contributed by atoms with van der Waals surface area (Å²) in [5, 5.41) is 5.65. The molecule has 0 spiro atoms. The van der Waals surface area contributed by atoms with E-state index in [1.54, 1.807) is 19.9 Å². The zero-order valence-corrected chi connectivity index (χ0v) is 19.2. The van der Waals surface area contributed by atoms with E-state index in [0.717, 1.165) is 11.3 Å². The van der Waals surface area contributed by atoms with Crippen molar-refractivity contribution in [3.8, 4) is 5.75 Å². The predicted molar refractivity (Wildman–Crippen MR) is 121 cm³/mol. The zero-order chi connectivity index (χ0) is 23.0. The molecular formula is C23H27N3O5S. The first-order valence-corrected chi connectivity index (χ1v) is 12.1. The number of nitrogens with zero attached hydrogens (tertiary/aromatic N) is 1. The van der Waals surface area contributed by atoms with Crippen molar-refractivity contribution in [2.24, 2.45) is 5.92 Å². The highest BCUT2D eigenvalue weighted by Gasteiger charge is 2.34. The van der Waals surface area contributed by atoms with Crippen LogP contribution in [0, 0.1) is 19.8 Å². The summed E-state index contributed by atoms with van der Waals surface area (Å²) in [7, 11) is -3.76. The normalized spacial score (nSPS) is 19.6. The average molecular weight is 458 g/mol. The van der Waals surface area contributed by atoms with Gasteiger partial charge in [-0.05, 0) is 57.4 Å². The summed E-state index contributed by atoms with van der Waals surface area (Å²) in [5.41, 5.74) is 2.85. The highest BCUT2D eigenvalue weighted by molar-refractivity contribution is 7.89. The highest BCUT2D eigenvalue weighted by atomic mass is 32.2. The van der Waals surface area contributed by atoms with Crippen molar-refractivity contribution in [1.29, 1.82) is 0 Å². The van der Waals surface area contributed by atoms with Crippen LogP contribution >= 0.6 is 0 Å². The molecule has 2 heterocycles. The van der Waals surface area contributed by atoms with Crippen LogP contribution in [0.25, 0.3) is 0 Å². The molecule has 1 fully saturated rings. The molecule has 170 valence electrons. The summed E-state index contributed by atoms with van der Waals surface area (Å²) in [4.78, 5) is 24.6. The Kier molecular flexibility index (Phi) is 5.96. The molecule has 2 aliphatic heterocycles. The van der Waals surface area contributed by atoms with Gasteiger partial charge in [0.25, 0.3) is 5.91 Å². The van der Waals surface area contributed by atoms with Gasteiger partial charge in [0.05, 0.1) is 10.6 Å². The van der Waals surface area contributed by atoms with Gasteiger partial charge in [0, 0.05) is 30.8 Å². The second kappa shape index (κ2) is 8.55. The van der Waals surface area contributed by atoms with E-state index in [2.05, 4.69) is 10.6 Å². The van der Waals surface area contributed by atoms with Gasteiger partial charge in [-0.25, -0.2) is 8.42 Å². The molecule has 1 atom stereocenters. The zero-order valence-electron chi connectivity index (χ0n) is 18.3. The minimum Gasteiger partial charge on any atom is -0.479 e. The first kappa shape index (κ1) is 22.3. The van der Waals surface area contributed by atoms with Crippen molar-refractivity contribution in [2.75, 3.05) is 23.7 Å². The number of nitrogens with one attached hydrogen (secondary N) is 2. The second-order valence-corrected chi connectivity index (χ2v) is 10.3. The molecule has 0 unspecified atom stereocenters. The first-order valence-electron chi connectivity index (χ1n) is 10.6. The predicted octanol–water partition coefficient (Wildman–Crippen LogP) is 3.06. The number of fused-ring (bicyclic) bond motifs is 1. The number of carbonyl (C=O) groups is 2. The smallest absolute Gasteiger partial charge is 0.265 e. The lowest BCUT2D eigenvalue weighted by atomic mass is 9.97. The summed E-state index contributed by atoms with van der Waals surface area (Å²) >= 11 is 0. The number of hydrogen-bond donors (Lipinski definition) is 2. The van der Waals surface area contributed by atoms with Gasteiger partial charge in [-0.15, -0.1) is 0 Å². The van der Waals surface area contributed by atoms with E-state index in [1.807, 2.05) is 31.2 Å². The fourth-order valence-corrected chi connectivity index (χ4v) is 5.69. The molecular weight excluding hydrogens is 430 g/mol. The van der Waals surface area contributed by atoms with Crippen LogP contribution < -0.4 is 15.4 Å². The monoisotopic (exact) mass is 457 g/mol. The Hall–Kier alpha value is -2.91. The van der Waals surface area contributed by atoms with Crippen molar-refractivity contribution in [3.05, 3.63) is 47.5 Å². The van der Waals surface area contributed by atoms with Crippen molar-refractivity contribution in [1.82, 2.24) is 4.31 Å². The quantitative estimate of drug-likeness (QED) is 0.734. The number of hydrogen-bond acceptors (Lipinski definition) is 5. The van der Waals surface area contributed by atoms with Crippen LogP contribution in [0.1, 0.15) is 30.9 Å². The van der Waals surface area contributed by atoms with Gasteiger partial charge >= 0.3 is 0 Å². The third kappa shape index (κ3) is 4.35. The summed E-state index contributed by atoms with van der Waals surface area (Å²) in [6, 6.07) is 10.7. The number of aryl methyl sites for hydroxylation is 2. The molecule has 0 aromatic heterocycles. The van der Waals surface area contributed by atoms with E-state index >= 15 is 0 Å². The van der Waals surface area contributed by atoms with Gasteiger partial charge < -0.3 is 15.4 Å². The van der Waals surface area contributed by atoms with Crippen molar-refractivity contribution >= 4 is 33.2 Å². The molecule has 2 aromatic carbocycles. The Morgan fingerprint density at radius 3 is 2.44 bits per heavy atom. The Bertz CT molecular complexity index is 1150. The number of rotatable bonds is 4. The minimum atomic E-state index is -3.76. The SMILES string of the molecule is Cc1ccc(NC(=O)C2CCN(S(=O)(=O)c3cc4c(cc3C)NC(=O)[C@H](C)O4)CC2)cc1. The van der Waals surface area contributed by atoms with E-state index in [9.17, 15) is 18.0 Å². The number of anilines is 2. The molecule has 0 bridgehead atoms. The van der Waals surface area contributed by atoms with E-state index in [-0.39, 0.29) is 35.7 Å². The molecule has 0 radical (unpaired) electrons. The molecule has 8 nitrogen and oxygen atoms in total. The molecule has 4 rings (SSSR count). The number of carbonyl (C=O) groups excluding carboxylic acids is 2. The van der Waals surface area contributed by atoms with E-state index in [1.165, 1.54) is 10.4 Å². The molecule has 2 N–H and O–H groups in total. The molecule has 2 amide bonds. The third-order valence-corrected chi connectivity index (χ3v) is 8.01. The summed E-state index contributed by atoms with van der Waals surface area (Å²) in [6.45, 7) is 5.81. The Morgan fingerprint density at radius 1 is 1.12 bits per heavy atom. The van der Waals surface area contributed by atoms with Crippen molar-refractivity contribution < 1.29 is 22.7 Å². The third-order valence-electron chi connectivity index (χ3n) is 5.97. The Morgan fingerprint density at radius 2 is 1.78 bits per heavy atom. The van der Waals surface area contributed by atoms with Crippen LogP contribution in [0.5, 0.6) is 5.75 Å². The maximum absolute atomic E-state index is 13.3. The number of piperidine rings is 1. The van der Waals surface area contributed by atoms with Gasteiger partial charge in [0.15, 0.2) is 6.10 Å². The number of sulfonamides is 1. The van der Waals surface area contributed by atoms with E-state index in [0.29, 0.717) is 29.8 Å². The molecule has 2 aliphatic rings. The van der Waals surface area contributed by atoms with Crippen LogP contribution in [0.4, 0.5) is 11.4 Å². The molecule has 9 heteroatoms. The maximum Gasteiger partial charge on any atom is 0.265 e. The molecule has 2 aromatic rings. The lowest BCUT2D eigenvalue weighted by molar-refractivity contribution is -0.123. The Balaban J connectivity index is 1.45. The number of benzene rings is 2. The van der Waals surface area contributed by atoms with Crippen LogP contribution in [-0.4, -0.2) is 43.7 Å². The minimum absolute atomic E-state index is 0.0889. The van der Waals surface area contributed by atoms with Gasteiger partial charge in [0.2, 0.25) is 15.9 Å². The van der Waals surface area contributed by atoms with Gasteiger partial charge in [-0.2, -0.15) is 4.31 Å². The van der Waals surface area contributed by atoms with Gasteiger partial charge in [-0.3, -0.25) is 9.59 Å². The number of amides is 2.